The van der Waals surface area contributed by atoms with E-state index in [2.05, 4.69) is 23.6 Å². The lowest BCUT2D eigenvalue weighted by atomic mass is 10.1. The Balaban J connectivity index is 1.81. The van der Waals surface area contributed by atoms with Crippen molar-refractivity contribution in [2.24, 2.45) is 5.92 Å². The van der Waals surface area contributed by atoms with Crippen molar-refractivity contribution in [3.63, 3.8) is 0 Å². The van der Waals surface area contributed by atoms with Crippen LogP contribution in [0.15, 0.2) is 10.5 Å². The Bertz CT molecular complexity index is 246. The maximum Gasteiger partial charge on any atom is 0.0207 e. The van der Waals surface area contributed by atoms with Crippen LogP contribution in [0.2, 0.25) is 0 Å². The van der Waals surface area contributed by atoms with Crippen LogP contribution in [0.4, 0.5) is 0 Å². The zero-order valence-corrected chi connectivity index (χ0v) is 8.36. The molecular formula is C10H15NS. The first-order valence-corrected chi connectivity index (χ1v) is 5.87. The van der Waals surface area contributed by atoms with E-state index in [1.54, 1.807) is 4.91 Å². The molecule has 0 bridgehead atoms. The predicted molar refractivity (Wildman–Crippen MR) is 53.2 cm³/mol. The number of hydrogen-bond donors (Lipinski definition) is 0. The fourth-order valence-electron chi connectivity index (χ4n) is 2.41. The molecule has 0 spiro atoms. The number of likely N-dealkylation sites (N-methyl/N-ethyl adjacent to an activating group) is 1. The molecule has 1 nitrogen and oxygen atoms in total. The van der Waals surface area contributed by atoms with Crippen LogP contribution in [-0.4, -0.2) is 29.8 Å². The van der Waals surface area contributed by atoms with Gasteiger partial charge in [-0.3, -0.25) is 4.90 Å². The summed E-state index contributed by atoms with van der Waals surface area (Å²) in [6.07, 6.45) is 2.84. The van der Waals surface area contributed by atoms with Crippen LogP contribution in [0, 0.1) is 5.92 Å². The van der Waals surface area contributed by atoms with E-state index < -0.39 is 0 Å². The van der Waals surface area contributed by atoms with Gasteiger partial charge in [-0.15, -0.1) is 11.8 Å². The van der Waals surface area contributed by atoms with Crippen LogP contribution < -0.4 is 0 Å². The topological polar surface area (TPSA) is 3.24 Å². The zero-order valence-electron chi connectivity index (χ0n) is 7.55. The van der Waals surface area contributed by atoms with Gasteiger partial charge in [0.2, 0.25) is 0 Å². The van der Waals surface area contributed by atoms with Gasteiger partial charge in [-0.2, -0.15) is 0 Å². The van der Waals surface area contributed by atoms with E-state index in [1.807, 2.05) is 5.57 Å². The standard InChI is InChI=1S/C10H15NS/c1-2-11-4-3-9-8(6-11)7-5-10(7)12-9/h7,10H,2-6H2,1H3. The first kappa shape index (κ1) is 7.45. The molecular weight excluding hydrogens is 166 g/mol. The zero-order chi connectivity index (χ0) is 8.13. The van der Waals surface area contributed by atoms with Gasteiger partial charge in [-0.05, 0) is 35.8 Å². The summed E-state index contributed by atoms with van der Waals surface area (Å²) in [5, 5.41) is 1.02. The fourth-order valence-corrected chi connectivity index (χ4v) is 3.98. The second-order valence-corrected chi connectivity index (χ2v) is 5.40. The van der Waals surface area contributed by atoms with Crippen molar-refractivity contribution in [2.75, 3.05) is 19.6 Å². The van der Waals surface area contributed by atoms with E-state index in [-0.39, 0.29) is 0 Å². The third kappa shape index (κ3) is 0.975. The SMILES string of the molecule is CCN1CCC2=C(C1)C1CC1S2. The fraction of sp³-hybridized carbons (Fsp3) is 0.800. The third-order valence-electron chi connectivity index (χ3n) is 3.33. The number of rotatable bonds is 1. The molecule has 0 aromatic carbocycles. The molecule has 0 N–H and O–H groups in total. The Morgan fingerprint density at radius 1 is 1.58 bits per heavy atom. The van der Waals surface area contributed by atoms with Gasteiger partial charge in [-0.1, -0.05) is 6.92 Å². The molecule has 3 aliphatic rings. The van der Waals surface area contributed by atoms with Gasteiger partial charge in [0.05, 0.1) is 0 Å². The van der Waals surface area contributed by atoms with Gasteiger partial charge in [0, 0.05) is 18.3 Å². The van der Waals surface area contributed by atoms with Gasteiger partial charge in [0.15, 0.2) is 0 Å². The van der Waals surface area contributed by atoms with E-state index in [4.69, 9.17) is 0 Å². The number of hydrogen-bond acceptors (Lipinski definition) is 2. The first-order chi connectivity index (χ1) is 5.88. The molecule has 2 heterocycles. The Hall–Kier alpha value is 0.0500. The van der Waals surface area contributed by atoms with Crippen LogP contribution in [-0.2, 0) is 0 Å². The van der Waals surface area contributed by atoms with E-state index in [9.17, 15) is 0 Å². The molecule has 0 radical (unpaired) electrons. The van der Waals surface area contributed by atoms with Crippen molar-refractivity contribution >= 4 is 11.8 Å². The van der Waals surface area contributed by atoms with E-state index in [0.717, 1.165) is 11.2 Å². The summed E-state index contributed by atoms with van der Waals surface area (Å²) in [5.74, 6) is 1.01. The lowest BCUT2D eigenvalue weighted by Gasteiger charge is -2.27. The highest BCUT2D eigenvalue weighted by atomic mass is 32.2. The van der Waals surface area contributed by atoms with Crippen molar-refractivity contribution in [3.05, 3.63) is 10.5 Å². The summed E-state index contributed by atoms with van der Waals surface area (Å²) in [6.45, 7) is 6.11. The normalized spacial score (nSPS) is 39.8. The van der Waals surface area contributed by atoms with Crippen molar-refractivity contribution < 1.29 is 0 Å². The van der Waals surface area contributed by atoms with Crippen LogP contribution in [0.25, 0.3) is 0 Å². The molecule has 2 atom stereocenters. The Kier molecular flexibility index (Phi) is 1.56. The summed E-state index contributed by atoms with van der Waals surface area (Å²) in [7, 11) is 0. The summed E-state index contributed by atoms with van der Waals surface area (Å²) in [6, 6.07) is 0. The highest BCUT2D eigenvalue weighted by molar-refractivity contribution is 8.04. The second kappa shape index (κ2) is 2.52. The largest absolute Gasteiger partial charge is 0.299 e. The molecule has 1 fully saturated rings. The number of nitrogens with zero attached hydrogens (tertiary/aromatic N) is 1. The minimum absolute atomic E-state index is 1.01. The lowest BCUT2D eigenvalue weighted by molar-refractivity contribution is 0.300. The molecule has 3 rings (SSSR count). The first-order valence-electron chi connectivity index (χ1n) is 4.99. The van der Waals surface area contributed by atoms with Gasteiger partial charge >= 0.3 is 0 Å². The molecule has 0 amide bonds. The summed E-state index contributed by atoms with van der Waals surface area (Å²) in [4.78, 5) is 4.35. The average Bonchev–Trinajstić information content (AvgIpc) is 2.79. The van der Waals surface area contributed by atoms with Crippen LogP contribution in [0.5, 0.6) is 0 Å². The van der Waals surface area contributed by atoms with Crippen LogP contribution in [0.1, 0.15) is 19.8 Å². The predicted octanol–water partition coefficient (Wildman–Crippen LogP) is 2.10. The van der Waals surface area contributed by atoms with Crippen molar-refractivity contribution in [1.82, 2.24) is 4.90 Å². The monoisotopic (exact) mass is 181 g/mol. The Labute approximate surface area is 78.2 Å². The molecule has 66 valence electrons. The van der Waals surface area contributed by atoms with Gasteiger partial charge < -0.3 is 0 Å². The van der Waals surface area contributed by atoms with Crippen molar-refractivity contribution in [2.45, 2.75) is 25.0 Å². The maximum atomic E-state index is 2.58. The molecule has 2 heteroatoms. The Morgan fingerprint density at radius 3 is 3.33 bits per heavy atom. The molecule has 12 heavy (non-hydrogen) atoms. The van der Waals surface area contributed by atoms with Gasteiger partial charge in [0.1, 0.15) is 0 Å². The summed E-state index contributed by atoms with van der Waals surface area (Å²) < 4.78 is 0. The highest BCUT2D eigenvalue weighted by Gasteiger charge is 2.48. The quantitative estimate of drug-likeness (QED) is 0.609. The molecule has 1 aliphatic carbocycles. The molecule has 0 saturated heterocycles. The highest BCUT2D eigenvalue weighted by Crippen LogP contribution is 2.59. The van der Waals surface area contributed by atoms with Gasteiger partial charge in [-0.25, -0.2) is 0 Å². The summed E-state index contributed by atoms with van der Waals surface area (Å²) in [5.41, 5.74) is 1.82. The minimum atomic E-state index is 1.01. The molecule has 2 aliphatic heterocycles. The third-order valence-corrected chi connectivity index (χ3v) is 4.90. The average molecular weight is 181 g/mol. The number of fused-ring (bicyclic) bond motifs is 2. The maximum absolute atomic E-state index is 2.58. The molecule has 1 saturated carbocycles. The van der Waals surface area contributed by atoms with Crippen LogP contribution in [0.3, 0.4) is 0 Å². The lowest BCUT2D eigenvalue weighted by Crippen LogP contribution is -2.30. The second-order valence-electron chi connectivity index (χ2n) is 4.07. The van der Waals surface area contributed by atoms with Crippen LogP contribution >= 0.6 is 11.8 Å². The van der Waals surface area contributed by atoms with Crippen molar-refractivity contribution in [3.8, 4) is 0 Å². The smallest absolute Gasteiger partial charge is 0.0207 e. The van der Waals surface area contributed by atoms with E-state index in [1.165, 1.54) is 32.5 Å². The number of thioether (sulfide) groups is 1. The Morgan fingerprint density at radius 2 is 2.50 bits per heavy atom. The van der Waals surface area contributed by atoms with E-state index in [0.29, 0.717) is 0 Å². The van der Waals surface area contributed by atoms with E-state index >= 15 is 0 Å². The molecule has 0 aromatic heterocycles. The van der Waals surface area contributed by atoms with Crippen molar-refractivity contribution in [1.29, 1.82) is 0 Å². The van der Waals surface area contributed by atoms with Gasteiger partial charge in [0.25, 0.3) is 0 Å². The molecule has 2 unspecified atom stereocenters. The summed E-state index contributed by atoms with van der Waals surface area (Å²) >= 11 is 2.19. The minimum Gasteiger partial charge on any atom is -0.299 e. The molecule has 0 aromatic rings.